The predicted octanol–water partition coefficient (Wildman–Crippen LogP) is 3.02. The molecule has 0 radical (unpaired) electrons. The molecule has 0 fully saturated rings. The minimum atomic E-state index is 0.496. The molecule has 0 spiro atoms. The molecule has 0 amide bonds. The SMILES string of the molecule is CN=Nc1ccc(OCCCl)cc1. The Kier molecular flexibility index (Phi) is 4.26. The molecule has 0 aliphatic heterocycles. The Bertz CT molecular complexity index is 271. The Hall–Kier alpha value is -1.09. The van der Waals surface area contributed by atoms with Gasteiger partial charge in [0.15, 0.2) is 0 Å². The van der Waals surface area contributed by atoms with Crippen LogP contribution in [0.3, 0.4) is 0 Å². The molecule has 0 aliphatic rings. The average Bonchev–Trinajstić information content (AvgIpc) is 2.17. The summed E-state index contributed by atoms with van der Waals surface area (Å²) >= 11 is 5.47. The smallest absolute Gasteiger partial charge is 0.119 e. The standard InChI is InChI=1S/C9H11ClN2O/c1-11-12-8-2-4-9(5-3-8)13-7-6-10/h2-5H,6-7H2,1H3. The molecule has 3 nitrogen and oxygen atoms in total. The molecule has 0 N–H and O–H groups in total. The van der Waals surface area contributed by atoms with Crippen molar-refractivity contribution < 1.29 is 4.74 Å². The van der Waals surface area contributed by atoms with E-state index in [9.17, 15) is 0 Å². The number of rotatable bonds is 4. The van der Waals surface area contributed by atoms with Crippen molar-refractivity contribution in [3.05, 3.63) is 24.3 Å². The highest BCUT2D eigenvalue weighted by Gasteiger charge is 1.92. The maximum absolute atomic E-state index is 5.47. The van der Waals surface area contributed by atoms with Crippen molar-refractivity contribution in [3.63, 3.8) is 0 Å². The molecule has 70 valence electrons. The molecule has 1 aromatic rings. The summed E-state index contributed by atoms with van der Waals surface area (Å²) in [6, 6.07) is 7.38. The number of halogens is 1. The van der Waals surface area contributed by atoms with Gasteiger partial charge in [0.25, 0.3) is 0 Å². The summed E-state index contributed by atoms with van der Waals surface area (Å²) in [5.74, 6) is 1.30. The quantitative estimate of drug-likeness (QED) is 0.541. The van der Waals surface area contributed by atoms with E-state index in [1.165, 1.54) is 0 Å². The Balaban J connectivity index is 2.58. The molecular formula is C9H11ClN2O. The van der Waals surface area contributed by atoms with Gasteiger partial charge >= 0.3 is 0 Å². The van der Waals surface area contributed by atoms with E-state index in [2.05, 4.69) is 10.2 Å². The zero-order valence-electron chi connectivity index (χ0n) is 7.40. The first-order valence-corrected chi connectivity index (χ1v) is 4.49. The van der Waals surface area contributed by atoms with E-state index in [1.807, 2.05) is 24.3 Å². The van der Waals surface area contributed by atoms with Crippen LogP contribution in [0.1, 0.15) is 0 Å². The van der Waals surface area contributed by atoms with E-state index < -0.39 is 0 Å². The van der Waals surface area contributed by atoms with Crippen molar-refractivity contribution >= 4 is 17.3 Å². The lowest BCUT2D eigenvalue weighted by atomic mass is 10.3. The van der Waals surface area contributed by atoms with Crippen LogP contribution in [0.15, 0.2) is 34.5 Å². The molecular weight excluding hydrogens is 188 g/mol. The van der Waals surface area contributed by atoms with E-state index in [-0.39, 0.29) is 0 Å². The third kappa shape index (κ3) is 3.42. The summed E-state index contributed by atoms with van der Waals surface area (Å²) in [7, 11) is 1.64. The average molecular weight is 199 g/mol. The maximum atomic E-state index is 5.47. The highest BCUT2D eigenvalue weighted by atomic mass is 35.5. The second-order valence-corrected chi connectivity index (χ2v) is 2.71. The lowest BCUT2D eigenvalue weighted by Crippen LogP contribution is -1.97. The molecule has 0 aromatic heterocycles. The second kappa shape index (κ2) is 5.54. The Morgan fingerprint density at radius 3 is 2.54 bits per heavy atom. The Morgan fingerprint density at radius 1 is 1.31 bits per heavy atom. The summed E-state index contributed by atoms with van der Waals surface area (Å²) in [4.78, 5) is 0. The molecule has 0 aliphatic carbocycles. The zero-order valence-corrected chi connectivity index (χ0v) is 8.16. The summed E-state index contributed by atoms with van der Waals surface area (Å²) in [5, 5.41) is 7.53. The minimum absolute atomic E-state index is 0.496. The van der Waals surface area contributed by atoms with Crippen LogP contribution in [-0.4, -0.2) is 19.5 Å². The third-order valence-electron chi connectivity index (χ3n) is 1.40. The number of nitrogens with zero attached hydrogens (tertiary/aromatic N) is 2. The topological polar surface area (TPSA) is 34.0 Å². The summed E-state index contributed by atoms with van der Waals surface area (Å²) in [6.45, 7) is 0.524. The van der Waals surface area contributed by atoms with Crippen molar-refractivity contribution in [1.82, 2.24) is 0 Å². The first-order valence-electron chi connectivity index (χ1n) is 3.95. The third-order valence-corrected chi connectivity index (χ3v) is 1.55. The van der Waals surface area contributed by atoms with Gasteiger partial charge in [-0.05, 0) is 24.3 Å². The van der Waals surface area contributed by atoms with Gasteiger partial charge in [-0.15, -0.1) is 11.6 Å². The highest BCUT2D eigenvalue weighted by molar-refractivity contribution is 6.17. The summed E-state index contributed by atoms with van der Waals surface area (Å²) < 4.78 is 5.28. The van der Waals surface area contributed by atoms with Crippen LogP contribution in [0, 0.1) is 0 Å². The minimum Gasteiger partial charge on any atom is -0.492 e. The van der Waals surface area contributed by atoms with Crippen LogP contribution in [0.5, 0.6) is 5.75 Å². The van der Waals surface area contributed by atoms with Crippen LogP contribution in [0.25, 0.3) is 0 Å². The van der Waals surface area contributed by atoms with E-state index >= 15 is 0 Å². The lowest BCUT2D eigenvalue weighted by Gasteiger charge is -2.02. The van der Waals surface area contributed by atoms with Gasteiger partial charge in [0.2, 0.25) is 0 Å². The van der Waals surface area contributed by atoms with Gasteiger partial charge < -0.3 is 4.74 Å². The van der Waals surface area contributed by atoms with Crippen LogP contribution in [-0.2, 0) is 0 Å². The van der Waals surface area contributed by atoms with Gasteiger partial charge in [0.1, 0.15) is 12.4 Å². The van der Waals surface area contributed by atoms with E-state index in [0.717, 1.165) is 11.4 Å². The first-order chi connectivity index (χ1) is 6.36. The fourth-order valence-electron chi connectivity index (χ4n) is 0.881. The molecule has 1 aromatic carbocycles. The first kappa shape index (κ1) is 9.99. The lowest BCUT2D eigenvalue weighted by molar-refractivity contribution is 0.343. The molecule has 0 heterocycles. The van der Waals surface area contributed by atoms with Crippen molar-refractivity contribution in [3.8, 4) is 5.75 Å². The van der Waals surface area contributed by atoms with Crippen molar-refractivity contribution in [2.75, 3.05) is 19.5 Å². The van der Waals surface area contributed by atoms with Crippen LogP contribution < -0.4 is 4.74 Å². The monoisotopic (exact) mass is 198 g/mol. The van der Waals surface area contributed by atoms with Gasteiger partial charge in [-0.2, -0.15) is 10.2 Å². The highest BCUT2D eigenvalue weighted by Crippen LogP contribution is 2.17. The van der Waals surface area contributed by atoms with Gasteiger partial charge in [-0.3, -0.25) is 0 Å². The fourth-order valence-corrected chi connectivity index (χ4v) is 0.958. The largest absolute Gasteiger partial charge is 0.492 e. The number of azo groups is 1. The van der Waals surface area contributed by atoms with E-state index in [1.54, 1.807) is 7.05 Å². The molecule has 1 rings (SSSR count). The number of hydrogen-bond donors (Lipinski definition) is 0. The number of ether oxygens (including phenoxy) is 1. The summed E-state index contributed by atoms with van der Waals surface area (Å²) in [6.07, 6.45) is 0. The van der Waals surface area contributed by atoms with E-state index in [4.69, 9.17) is 16.3 Å². The normalized spacial score (nSPS) is 10.6. The van der Waals surface area contributed by atoms with Crippen LogP contribution >= 0.6 is 11.6 Å². The fraction of sp³-hybridized carbons (Fsp3) is 0.333. The maximum Gasteiger partial charge on any atom is 0.119 e. The number of benzene rings is 1. The molecule has 4 heteroatoms. The second-order valence-electron chi connectivity index (χ2n) is 2.33. The molecule has 0 bridgehead atoms. The molecule has 0 atom stereocenters. The zero-order chi connectivity index (χ0) is 9.52. The van der Waals surface area contributed by atoms with Gasteiger partial charge in [-0.1, -0.05) is 0 Å². The van der Waals surface area contributed by atoms with Crippen molar-refractivity contribution in [2.24, 2.45) is 10.2 Å². The van der Waals surface area contributed by atoms with Crippen molar-refractivity contribution in [1.29, 1.82) is 0 Å². The molecule has 0 saturated carbocycles. The van der Waals surface area contributed by atoms with Gasteiger partial charge in [0, 0.05) is 7.05 Å². The van der Waals surface area contributed by atoms with E-state index in [0.29, 0.717) is 12.5 Å². The van der Waals surface area contributed by atoms with Crippen LogP contribution in [0.2, 0.25) is 0 Å². The number of alkyl halides is 1. The Labute approximate surface area is 82.4 Å². The number of hydrogen-bond acceptors (Lipinski definition) is 3. The Morgan fingerprint density at radius 2 is 2.00 bits per heavy atom. The predicted molar refractivity (Wildman–Crippen MR) is 53.1 cm³/mol. The van der Waals surface area contributed by atoms with Gasteiger partial charge in [-0.25, -0.2) is 0 Å². The van der Waals surface area contributed by atoms with Gasteiger partial charge in [0.05, 0.1) is 11.6 Å². The molecule has 0 saturated heterocycles. The summed E-state index contributed by atoms with van der Waals surface area (Å²) in [5.41, 5.74) is 0.820. The van der Waals surface area contributed by atoms with Crippen molar-refractivity contribution in [2.45, 2.75) is 0 Å². The van der Waals surface area contributed by atoms with Crippen LogP contribution in [0.4, 0.5) is 5.69 Å². The molecule has 13 heavy (non-hydrogen) atoms. The molecule has 0 unspecified atom stereocenters.